The first kappa shape index (κ1) is 10.1. The molecule has 0 radical (unpaired) electrons. The minimum Gasteiger partial charge on any atom is -0.519 e. The van der Waals surface area contributed by atoms with E-state index in [4.69, 9.17) is 8.84 Å². The molecule has 0 aliphatic carbocycles. The smallest absolute Gasteiger partial charge is 0.270 e. The van der Waals surface area contributed by atoms with Gasteiger partial charge in [0.25, 0.3) is 5.95 Å². The van der Waals surface area contributed by atoms with Crippen molar-refractivity contribution in [2.75, 3.05) is 0 Å². The maximum Gasteiger partial charge on any atom is 0.270 e. The zero-order valence-electron chi connectivity index (χ0n) is 8.46. The molecule has 0 saturated carbocycles. The van der Waals surface area contributed by atoms with E-state index in [1.807, 2.05) is 18.2 Å². The first-order valence-electron chi connectivity index (χ1n) is 4.40. The van der Waals surface area contributed by atoms with Gasteiger partial charge in [-0.1, -0.05) is 6.08 Å². The number of hydrogen-bond acceptors (Lipinski definition) is 2. The Kier molecular flexibility index (Phi) is 2.98. The van der Waals surface area contributed by atoms with E-state index in [1.165, 1.54) is 0 Å². The van der Waals surface area contributed by atoms with Gasteiger partial charge in [-0.3, -0.25) is 0 Å². The van der Waals surface area contributed by atoms with Crippen LogP contribution in [0.15, 0.2) is 29.2 Å². The van der Waals surface area contributed by atoms with Gasteiger partial charge < -0.3 is 8.84 Å². The van der Waals surface area contributed by atoms with Crippen LogP contribution in [0.4, 0.5) is 0 Å². The monoisotopic (exact) mass is 196 g/mol. The van der Waals surface area contributed by atoms with E-state index in [1.54, 1.807) is 0 Å². The fourth-order valence-corrected chi connectivity index (χ4v) is 1.68. The van der Waals surface area contributed by atoms with Crippen molar-refractivity contribution in [2.45, 2.75) is 26.1 Å². The van der Waals surface area contributed by atoms with Crippen molar-refractivity contribution in [3.8, 4) is 5.95 Å². The Bertz CT molecular complexity index is 283. The van der Waals surface area contributed by atoms with Crippen molar-refractivity contribution in [2.24, 2.45) is 0 Å². The normalized spacial score (nSPS) is 11.3. The zero-order chi connectivity index (χ0) is 9.90. The minimum atomic E-state index is -1.53. The molecule has 0 fully saturated rings. The molecule has 0 bridgehead atoms. The van der Waals surface area contributed by atoms with Crippen molar-refractivity contribution in [1.82, 2.24) is 0 Å². The summed E-state index contributed by atoms with van der Waals surface area (Å²) in [5, 5.41) is 0. The van der Waals surface area contributed by atoms with Gasteiger partial charge in [0, 0.05) is 12.5 Å². The van der Waals surface area contributed by atoms with E-state index in [0.717, 1.165) is 12.2 Å². The molecule has 0 spiro atoms. The van der Waals surface area contributed by atoms with E-state index in [9.17, 15) is 0 Å². The van der Waals surface area contributed by atoms with Gasteiger partial charge in [-0.25, -0.2) is 0 Å². The van der Waals surface area contributed by atoms with Crippen molar-refractivity contribution in [3.63, 3.8) is 0 Å². The Hall–Kier alpha value is -0.963. The second kappa shape index (κ2) is 3.83. The molecular formula is C10H16O2Si. The van der Waals surface area contributed by atoms with Crippen LogP contribution in [0.25, 0.3) is 0 Å². The third-order valence-corrected chi connectivity index (χ3v) is 2.20. The Labute approximate surface area is 80.3 Å². The van der Waals surface area contributed by atoms with E-state index in [2.05, 4.69) is 26.2 Å². The summed E-state index contributed by atoms with van der Waals surface area (Å²) in [6, 6.07) is 3.80. The molecule has 13 heavy (non-hydrogen) atoms. The summed E-state index contributed by atoms with van der Waals surface area (Å²) >= 11 is 0. The maximum atomic E-state index is 5.67. The van der Waals surface area contributed by atoms with Crippen LogP contribution in [0.2, 0.25) is 19.6 Å². The minimum absolute atomic E-state index is 0.635. The lowest BCUT2D eigenvalue weighted by Gasteiger charge is -2.15. The van der Waals surface area contributed by atoms with Crippen LogP contribution in [0, 0.1) is 0 Å². The largest absolute Gasteiger partial charge is 0.519 e. The molecule has 0 aliphatic heterocycles. The van der Waals surface area contributed by atoms with E-state index in [-0.39, 0.29) is 0 Å². The Balaban J connectivity index is 2.63. The zero-order valence-corrected chi connectivity index (χ0v) is 9.46. The molecular weight excluding hydrogens is 180 g/mol. The van der Waals surface area contributed by atoms with Gasteiger partial charge in [0.15, 0.2) is 0 Å². The summed E-state index contributed by atoms with van der Waals surface area (Å²) in [7, 11) is -1.53. The van der Waals surface area contributed by atoms with Crippen molar-refractivity contribution < 1.29 is 8.84 Å². The average Bonchev–Trinajstić information content (AvgIpc) is 2.33. The van der Waals surface area contributed by atoms with Crippen LogP contribution in [0.3, 0.4) is 0 Å². The molecule has 0 aromatic carbocycles. The predicted molar refractivity (Wildman–Crippen MR) is 56.6 cm³/mol. The summed E-state index contributed by atoms with van der Waals surface area (Å²) in [6.45, 7) is 10.0. The van der Waals surface area contributed by atoms with E-state index in [0.29, 0.717) is 5.95 Å². The van der Waals surface area contributed by atoms with Crippen LogP contribution in [-0.4, -0.2) is 8.32 Å². The van der Waals surface area contributed by atoms with Gasteiger partial charge in [0.05, 0.1) is 0 Å². The summed E-state index contributed by atoms with van der Waals surface area (Å²) in [6.07, 6.45) is 2.58. The number of allylic oxidation sites excluding steroid dienone is 1. The third kappa shape index (κ3) is 3.50. The summed E-state index contributed by atoms with van der Waals surface area (Å²) in [5.41, 5.74) is 0. The Morgan fingerprint density at radius 3 is 2.69 bits per heavy atom. The molecule has 1 heterocycles. The summed E-state index contributed by atoms with van der Waals surface area (Å²) in [5.74, 6) is 1.54. The van der Waals surface area contributed by atoms with Crippen LogP contribution < -0.4 is 4.43 Å². The molecule has 1 aromatic rings. The molecule has 0 amide bonds. The molecule has 72 valence electrons. The summed E-state index contributed by atoms with van der Waals surface area (Å²) in [4.78, 5) is 0. The molecule has 0 unspecified atom stereocenters. The fraction of sp³-hybridized carbons (Fsp3) is 0.400. The lowest BCUT2D eigenvalue weighted by Crippen LogP contribution is -2.28. The van der Waals surface area contributed by atoms with E-state index < -0.39 is 8.32 Å². The van der Waals surface area contributed by atoms with Crippen LogP contribution >= 0.6 is 0 Å². The Morgan fingerprint density at radius 1 is 1.46 bits per heavy atom. The fourth-order valence-electron chi connectivity index (χ4n) is 0.967. The highest BCUT2D eigenvalue weighted by Crippen LogP contribution is 2.20. The van der Waals surface area contributed by atoms with Crippen molar-refractivity contribution >= 4 is 8.32 Å². The molecule has 1 aromatic heterocycles. The Morgan fingerprint density at radius 2 is 2.15 bits per heavy atom. The number of rotatable bonds is 4. The summed E-state index contributed by atoms with van der Waals surface area (Å²) < 4.78 is 11.1. The lowest BCUT2D eigenvalue weighted by atomic mass is 10.3. The topological polar surface area (TPSA) is 22.4 Å². The highest BCUT2D eigenvalue weighted by atomic mass is 28.4. The lowest BCUT2D eigenvalue weighted by molar-refractivity contribution is 0.371. The van der Waals surface area contributed by atoms with Crippen LogP contribution in [-0.2, 0) is 6.42 Å². The second-order valence-electron chi connectivity index (χ2n) is 3.93. The number of furan rings is 1. The van der Waals surface area contributed by atoms with Crippen molar-refractivity contribution in [1.29, 1.82) is 0 Å². The molecule has 0 aliphatic rings. The number of hydrogen-bond donors (Lipinski definition) is 0. The molecule has 0 saturated heterocycles. The molecule has 2 nitrogen and oxygen atoms in total. The highest BCUT2D eigenvalue weighted by Gasteiger charge is 2.17. The standard InChI is InChI=1S/C10H16O2Si/c1-5-6-9-7-8-10(11-9)12-13(2,3)4/h5,7-8H,1,6H2,2-4H3. The predicted octanol–water partition coefficient (Wildman–Crippen LogP) is 3.22. The second-order valence-corrected chi connectivity index (χ2v) is 8.36. The van der Waals surface area contributed by atoms with Gasteiger partial charge in [-0.15, -0.1) is 6.58 Å². The van der Waals surface area contributed by atoms with Gasteiger partial charge in [-0.2, -0.15) is 0 Å². The third-order valence-electron chi connectivity index (χ3n) is 1.39. The van der Waals surface area contributed by atoms with Gasteiger partial charge in [0.1, 0.15) is 5.76 Å². The molecule has 0 atom stereocenters. The average molecular weight is 196 g/mol. The molecule has 0 N–H and O–H groups in total. The van der Waals surface area contributed by atoms with Crippen LogP contribution in [0.1, 0.15) is 5.76 Å². The molecule has 3 heteroatoms. The first-order valence-corrected chi connectivity index (χ1v) is 7.81. The van der Waals surface area contributed by atoms with Gasteiger partial charge >= 0.3 is 0 Å². The highest BCUT2D eigenvalue weighted by molar-refractivity contribution is 6.70. The molecule has 1 rings (SSSR count). The SMILES string of the molecule is C=CCc1ccc(O[Si](C)(C)C)o1. The van der Waals surface area contributed by atoms with Crippen molar-refractivity contribution in [3.05, 3.63) is 30.5 Å². The van der Waals surface area contributed by atoms with Gasteiger partial charge in [0.2, 0.25) is 8.32 Å². The van der Waals surface area contributed by atoms with Crippen LogP contribution in [0.5, 0.6) is 5.95 Å². The maximum absolute atomic E-state index is 5.67. The van der Waals surface area contributed by atoms with Gasteiger partial charge in [-0.05, 0) is 25.7 Å². The quantitative estimate of drug-likeness (QED) is 0.545. The first-order chi connectivity index (χ1) is 6.01. The van der Waals surface area contributed by atoms with E-state index >= 15 is 0 Å².